The van der Waals surface area contributed by atoms with E-state index >= 15 is 0 Å². The molecule has 2 N–H and O–H groups in total. The van der Waals surface area contributed by atoms with Crippen LogP contribution >= 0.6 is 0 Å². The molecule has 70 valence electrons. The van der Waals surface area contributed by atoms with Crippen molar-refractivity contribution in [3.63, 3.8) is 0 Å². The highest BCUT2D eigenvalue weighted by atomic mass is 16.4. The van der Waals surface area contributed by atoms with E-state index in [1.54, 1.807) is 0 Å². The topological polar surface area (TPSA) is 49.3 Å². The third kappa shape index (κ3) is 3.22. The van der Waals surface area contributed by atoms with Crippen molar-refractivity contribution in [2.45, 2.75) is 44.6 Å². The normalized spacial score (nSPS) is 26.8. The number of aliphatic carboxylic acids is 1. The Kier molecular flexibility index (Phi) is 4.08. The monoisotopic (exact) mass is 171 g/mol. The fourth-order valence-corrected chi connectivity index (χ4v) is 1.15. The van der Waals surface area contributed by atoms with Crippen LogP contribution in [-0.4, -0.2) is 23.7 Å². The van der Waals surface area contributed by atoms with Gasteiger partial charge in [-0.3, -0.25) is 4.79 Å². The highest BCUT2D eigenvalue weighted by molar-refractivity contribution is 5.73. The molecule has 12 heavy (non-hydrogen) atoms. The molecular formula is C9H17NO2. The van der Waals surface area contributed by atoms with Crippen molar-refractivity contribution in [1.82, 2.24) is 5.32 Å². The first-order chi connectivity index (χ1) is 5.80. The summed E-state index contributed by atoms with van der Waals surface area (Å²) in [7, 11) is 0. The molecular weight excluding hydrogens is 154 g/mol. The van der Waals surface area contributed by atoms with Crippen LogP contribution in [0.15, 0.2) is 0 Å². The molecule has 3 heteroatoms. The maximum atomic E-state index is 10.1. The molecule has 1 atom stereocenters. The zero-order valence-corrected chi connectivity index (χ0v) is 7.38. The summed E-state index contributed by atoms with van der Waals surface area (Å²) in [5.41, 5.74) is 0. The Balaban J connectivity index is 0.000000150. The van der Waals surface area contributed by atoms with Crippen molar-refractivity contribution in [3.05, 3.63) is 0 Å². The Hall–Kier alpha value is -0.570. The minimum atomic E-state index is -0.720. The smallest absolute Gasteiger partial charge is 0.320 e. The van der Waals surface area contributed by atoms with Crippen LogP contribution in [0.4, 0.5) is 0 Å². The van der Waals surface area contributed by atoms with Crippen molar-refractivity contribution in [3.8, 4) is 0 Å². The number of hydrogen-bond acceptors (Lipinski definition) is 2. The van der Waals surface area contributed by atoms with Gasteiger partial charge in [0.25, 0.3) is 0 Å². The van der Waals surface area contributed by atoms with E-state index in [0.29, 0.717) is 0 Å². The Morgan fingerprint density at radius 1 is 1.17 bits per heavy atom. The van der Waals surface area contributed by atoms with E-state index in [4.69, 9.17) is 5.11 Å². The van der Waals surface area contributed by atoms with Gasteiger partial charge in [-0.1, -0.05) is 25.7 Å². The van der Waals surface area contributed by atoms with Crippen molar-refractivity contribution < 1.29 is 9.90 Å². The molecule has 0 amide bonds. The van der Waals surface area contributed by atoms with Crippen LogP contribution in [0.5, 0.6) is 0 Å². The van der Waals surface area contributed by atoms with Crippen LogP contribution in [0.25, 0.3) is 0 Å². The van der Waals surface area contributed by atoms with Crippen molar-refractivity contribution in [2.24, 2.45) is 0 Å². The molecule has 2 fully saturated rings. The summed E-state index contributed by atoms with van der Waals surface area (Å²) in [6.07, 6.45) is 7.78. The molecule has 0 unspecified atom stereocenters. The summed E-state index contributed by atoms with van der Waals surface area (Å²) >= 11 is 0. The van der Waals surface area contributed by atoms with Gasteiger partial charge in [0.1, 0.15) is 6.04 Å². The minimum Gasteiger partial charge on any atom is -0.480 e. The average molecular weight is 171 g/mol. The van der Waals surface area contributed by atoms with Gasteiger partial charge < -0.3 is 10.4 Å². The van der Waals surface area contributed by atoms with Crippen LogP contribution in [-0.2, 0) is 4.79 Å². The maximum absolute atomic E-state index is 10.1. The Morgan fingerprint density at radius 3 is 1.92 bits per heavy atom. The molecule has 0 aromatic rings. The predicted molar refractivity (Wildman–Crippen MR) is 47.1 cm³/mol. The Bertz CT molecular complexity index is 133. The number of carboxylic acids is 1. The summed E-state index contributed by atoms with van der Waals surface area (Å²) in [5, 5.41) is 11.2. The van der Waals surface area contributed by atoms with Gasteiger partial charge in [-0.2, -0.15) is 0 Å². The summed E-state index contributed by atoms with van der Waals surface area (Å²) in [6.45, 7) is 0.858. The summed E-state index contributed by atoms with van der Waals surface area (Å²) < 4.78 is 0. The molecule has 1 saturated heterocycles. The fourth-order valence-electron chi connectivity index (χ4n) is 1.15. The molecule has 0 aromatic heterocycles. The summed E-state index contributed by atoms with van der Waals surface area (Å²) in [4.78, 5) is 10.1. The van der Waals surface area contributed by atoms with Crippen LogP contribution < -0.4 is 5.32 Å². The number of nitrogens with one attached hydrogen (secondary N) is 1. The molecule has 0 spiro atoms. The molecule has 1 heterocycles. The van der Waals surface area contributed by atoms with E-state index < -0.39 is 5.97 Å². The standard InChI is InChI=1S/C5H9NO2.C4H8/c7-5(8)4-2-1-3-6-4;1-2-4-3-1/h4,6H,1-3H2,(H,7,8);1-4H2/t4-;/m0./s1. The summed E-state index contributed by atoms with van der Waals surface area (Å²) in [5.74, 6) is -0.720. The highest BCUT2D eigenvalue weighted by Gasteiger charge is 2.20. The second-order valence-electron chi connectivity index (χ2n) is 3.40. The second kappa shape index (κ2) is 5.14. The van der Waals surface area contributed by atoms with Crippen LogP contribution in [0.2, 0.25) is 0 Å². The van der Waals surface area contributed by atoms with Gasteiger partial charge in [0, 0.05) is 0 Å². The maximum Gasteiger partial charge on any atom is 0.320 e. The lowest BCUT2D eigenvalue weighted by molar-refractivity contribution is -0.139. The lowest BCUT2D eigenvalue weighted by Gasteiger charge is -2.05. The quantitative estimate of drug-likeness (QED) is 0.626. The van der Waals surface area contributed by atoms with Crippen LogP contribution in [0.1, 0.15) is 38.5 Å². The third-order valence-electron chi connectivity index (χ3n) is 2.36. The van der Waals surface area contributed by atoms with Gasteiger partial charge in [0.2, 0.25) is 0 Å². The number of rotatable bonds is 1. The van der Waals surface area contributed by atoms with E-state index in [9.17, 15) is 4.79 Å². The van der Waals surface area contributed by atoms with Crippen LogP contribution in [0.3, 0.4) is 0 Å². The second-order valence-corrected chi connectivity index (χ2v) is 3.40. The van der Waals surface area contributed by atoms with E-state index in [1.807, 2.05) is 0 Å². The molecule has 1 aliphatic heterocycles. The molecule has 1 aliphatic carbocycles. The molecule has 0 aromatic carbocycles. The van der Waals surface area contributed by atoms with E-state index in [2.05, 4.69) is 5.32 Å². The Labute approximate surface area is 73.2 Å². The first-order valence-corrected chi connectivity index (χ1v) is 4.77. The van der Waals surface area contributed by atoms with Crippen LogP contribution in [0, 0.1) is 0 Å². The fraction of sp³-hybridized carbons (Fsp3) is 0.889. The highest BCUT2D eigenvalue weighted by Crippen LogP contribution is 2.15. The summed E-state index contributed by atoms with van der Waals surface area (Å²) in [6, 6.07) is -0.269. The zero-order valence-electron chi connectivity index (χ0n) is 7.38. The zero-order chi connectivity index (χ0) is 8.81. The van der Waals surface area contributed by atoms with E-state index in [-0.39, 0.29) is 6.04 Å². The lowest BCUT2D eigenvalue weighted by Crippen LogP contribution is -2.29. The van der Waals surface area contributed by atoms with Gasteiger partial charge in [-0.05, 0) is 19.4 Å². The van der Waals surface area contributed by atoms with Gasteiger partial charge >= 0.3 is 5.97 Å². The SMILES string of the molecule is C1CCC1.O=C(O)[C@@H]1CCCN1. The predicted octanol–water partition coefficient (Wildman–Crippen LogP) is 1.38. The number of carbonyl (C=O) groups is 1. The number of carboxylic acid groups (broad SMARTS) is 1. The van der Waals surface area contributed by atoms with E-state index in [1.165, 1.54) is 25.7 Å². The molecule has 0 bridgehead atoms. The van der Waals surface area contributed by atoms with Crippen molar-refractivity contribution >= 4 is 5.97 Å². The first kappa shape index (κ1) is 9.52. The Morgan fingerprint density at radius 2 is 1.75 bits per heavy atom. The van der Waals surface area contributed by atoms with Gasteiger partial charge in [0.15, 0.2) is 0 Å². The molecule has 1 saturated carbocycles. The third-order valence-corrected chi connectivity index (χ3v) is 2.36. The molecule has 0 radical (unpaired) electrons. The molecule has 2 rings (SSSR count). The number of hydrogen-bond donors (Lipinski definition) is 2. The lowest BCUT2D eigenvalue weighted by atomic mass is 10.0. The van der Waals surface area contributed by atoms with Gasteiger partial charge in [0.05, 0.1) is 0 Å². The van der Waals surface area contributed by atoms with Gasteiger partial charge in [-0.15, -0.1) is 0 Å². The molecule has 2 aliphatic rings. The minimum absolute atomic E-state index is 0.269. The molecule has 3 nitrogen and oxygen atoms in total. The average Bonchev–Trinajstić information content (AvgIpc) is 2.31. The first-order valence-electron chi connectivity index (χ1n) is 4.77. The van der Waals surface area contributed by atoms with Crippen molar-refractivity contribution in [1.29, 1.82) is 0 Å². The van der Waals surface area contributed by atoms with E-state index in [0.717, 1.165) is 19.4 Å². The van der Waals surface area contributed by atoms with Gasteiger partial charge in [-0.25, -0.2) is 0 Å². The largest absolute Gasteiger partial charge is 0.480 e. The van der Waals surface area contributed by atoms with Crippen molar-refractivity contribution in [2.75, 3.05) is 6.54 Å².